The van der Waals surface area contributed by atoms with Crippen molar-refractivity contribution in [2.75, 3.05) is 26.3 Å². The van der Waals surface area contributed by atoms with Crippen LogP contribution in [0.25, 0.3) is 0 Å². The number of hydrogen-bond acceptors (Lipinski definition) is 21. The highest BCUT2D eigenvalue weighted by Crippen LogP contribution is 2.22. The van der Waals surface area contributed by atoms with Gasteiger partial charge in [0.2, 0.25) is 76.8 Å². The van der Waals surface area contributed by atoms with Gasteiger partial charge in [0.05, 0.1) is 31.7 Å². The van der Waals surface area contributed by atoms with Crippen molar-refractivity contribution in [3.8, 4) is 0 Å². The molecule has 1 fully saturated rings. The molecule has 0 aliphatic carbocycles. The molecule has 24 N–H and O–H groups in total. The molecule has 0 bridgehead atoms. The number of amides is 13. The highest BCUT2D eigenvalue weighted by molar-refractivity contribution is 6.00. The molecule has 2 heterocycles. The van der Waals surface area contributed by atoms with Crippen molar-refractivity contribution in [1.29, 1.82) is 0 Å². The van der Waals surface area contributed by atoms with Crippen molar-refractivity contribution in [3.05, 3.63) is 126 Å². The molecule has 0 saturated carbocycles. The van der Waals surface area contributed by atoms with Gasteiger partial charge in [-0.15, -0.1) is 0 Å². The number of nitrogens with zero attached hydrogens (tertiary/aromatic N) is 3. The summed E-state index contributed by atoms with van der Waals surface area (Å²) in [6, 6.07) is 4.82. The number of hydrogen-bond donors (Lipinski definition) is 21. The zero-order chi connectivity index (χ0) is 86.0. The molecule has 4 aromatic rings. The van der Waals surface area contributed by atoms with Gasteiger partial charge in [0.1, 0.15) is 78.5 Å². The van der Waals surface area contributed by atoms with Crippen LogP contribution in [0.3, 0.4) is 0 Å². The normalized spacial score (nSPS) is 16.5. The van der Waals surface area contributed by atoms with Crippen LogP contribution < -0.4 is 81.0 Å². The molecule has 0 unspecified atom stereocenters. The molecule has 38 heteroatoms. The lowest BCUT2D eigenvalue weighted by Crippen LogP contribution is -2.62. The fourth-order valence-corrected chi connectivity index (χ4v) is 12.6. The molecule has 636 valence electrons. The lowest BCUT2D eigenvalue weighted by atomic mass is 9.99. The Hall–Kier alpha value is -11.5. The van der Waals surface area contributed by atoms with Gasteiger partial charge in [-0.25, -0.2) is 9.78 Å². The smallest absolute Gasteiger partial charge is 0.328 e. The number of carbonyl (C=O) groups excluding carboxylic acids is 13. The Labute approximate surface area is 672 Å². The quantitative estimate of drug-likeness (QED) is 0.0113. The van der Waals surface area contributed by atoms with Crippen molar-refractivity contribution in [3.63, 3.8) is 0 Å². The van der Waals surface area contributed by atoms with Gasteiger partial charge in [0.15, 0.2) is 12.0 Å². The number of aromatic nitrogens is 2. The van der Waals surface area contributed by atoms with Gasteiger partial charge in [-0.05, 0) is 93.7 Å². The zero-order valence-electron chi connectivity index (χ0n) is 66.7. The minimum atomic E-state index is -1.80. The Morgan fingerprint density at radius 1 is 0.483 bits per heavy atom. The number of nitrogens with one attached hydrogen (secondary N) is 13. The van der Waals surface area contributed by atoms with Crippen molar-refractivity contribution in [2.45, 2.75) is 223 Å². The maximum absolute atomic E-state index is 14.9. The summed E-state index contributed by atoms with van der Waals surface area (Å²) in [5.74, 6) is -14.9. The molecule has 13 amide bonds. The second-order valence-corrected chi connectivity index (χ2v) is 30.0. The van der Waals surface area contributed by atoms with E-state index in [-0.39, 0.29) is 95.1 Å². The molecule has 0 radical (unpaired) electrons. The maximum Gasteiger partial charge on any atom is 0.328 e. The first kappa shape index (κ1) is 95.1. The summed E-state index contributed by atoms with van der Waals surface area (Å²) < 4.78 is 0. The van der Waals surface area contributed by atoms with Crippen molar-refractivity contribution in [2.24, 2.45) is 39.9 Å². The molecular weight excluding hydrogens is 1510 g/mol. The second kappa shape index (κ2) is 47.4. The third-order valence-corrected chi connectivity index (χ3v) is 18.9. The molecule has 38 nitrogen and oxygen atoms in total. The zero-order valence-corrected chi connectivity index (χ0v) is 66.7. The van der Waals surface area contributed by atoms with E-state index in [0.29, 0.717) is 22.4 Å². The summed E-state index contributed by atoms with van der Waals surface area (Å²) >= 11 is 0. The van der Waals surface area contributed by atoms with E-state index in [1.165, 1.54) is 19.4 Å². The Balaban J connectivity index is 1.35. The van der Waals surface area contributed by atoms with Gasteiger partial charge in [0.25, 0.3) is 0 Å². The molecule has 0 spiro atoms. The van der Waals surface area contributed by atoms with Crippen LogP contribution in [0.4, 0.5) is 0 Å². The molecule has 3 aromatic carbocycles. The number of benzene rings is 3. The van der Waals surface area contributed by atoms with Gasteiger partial charge in [-0.3, -0.25) is 67.3 Å². The summed E-state index contributed by atoms with van der Waals surface area (Å²) in [7, 11) is 0. The fraction of sp³-hybridized carbons (Fsp3) is 0.538. The number of aliphatic hydroxyl groups excluding tert-OH is 4. The number of H-pyrrole nitrogens is 1. The Bertz CT molecular complexity index is 3950. The topological polar surface area (TPSA) is 607 Å². The number of guanidine groups is 1. The van der Waals surface area contributed by atoms with E-state index in [9.17, 15) is 92.7 Å². The summed E-state index contributed by atoms with van der Waals surface area (Å²) in [6.45, 7) is 12.1. The third kappa shape index (κ3) is 31.0. The van der Waals surface area contributed by atoms with Crippen LogP contribution in [0.2, 0.25) is 0 Å². The molecule has 1 saturated heterocycles. The summed E-state index contributed by atoms with van der Waals surface area (Å²) in [6.07, 6.45) is -0.853. The van der Waals surface area contributed by atoms with Crippen LogP contribution in [0, 0.1) is 17.8 Å². The molecule has 5 rings (SSSR count). The average molecular weight is 1620 g/mol. The Morgan fingerprint density at radius 2 is 0.897 bits per heavy atom. The number of rotatable bonds is 47. The van der Waals surface area contributed by atoms with E-state index < -0.39 is 199 Å². The number of carboxylic acid groups (broad SMARTS) is 1. The highest BCUT2D eigenvalue weighted by atomic mass is 16.4. The van der Waals surface area contributed by atoms with Gasteiger partial charge >= 0.3 is 5.97 Å². The van der Waals surface area contributed by atoms with Gasteiger partial charge in [-0.2, -0.15) is 0 Å². The number of aliphatic imine (C=N–C) groups is 1. The fourth-order valence-electron chi connectivity index (χ4n) is 12.6. The monoisotopic (exact) mass is 1620 g/mol. The SMILES string of the molecule is CC(C)C[C@H](NC(=O)[C@H](C)NC(=O)[C@H](Cc1ccccc1)NC(=O)[C@@H](NC(=O)[C@H](CCCN=C(N)N)NC(=O)[C@H](Cc1ccccc1)NC(=O)[C@@H](N)CO)C(C)C)C(=O)N[C@@H](Cc1ccccc1)C(=O)N[C@@H](Cc1cnc[nH]1)C(=O)N[C@@H](CO)C(=O)N[C@@H](CC(C)C)C(=O)N1CCC[C@H]1C(=O)N[C@H](C(=O)N[C@H](C(=O)O)[C@@H](C)O)[C@@H](C)O. The van der Waals surface area contributed by atoms with Gasteiger partial charge in [-0.1, -0.05) is 133 Å². The number of aromatic amines is 1. The number of likely N-dealkylation sites (tertiary alicyclic amines) is 1. The summed E-state index contributed by atoms with van der Waals surface area (Å²) in [5.41, 5.74) is 19.0. The largest absolute Gasteiger partial charge is 0.480 e. The van der Waals surface area contributed by atoms with E-state index in [1.54, 1.807) is 133 Å². The molecule has 116 heavy (non-hydrogen) atoms. The third-order valence-electron chi connectivity index (χ3n) is 18.9. The minimum absolute atomic E-state index is 0.00598. The molecule has 1 aliphatic heterocycles. The summed E-state index contributed by atoms with van der Waals surface area (Å²) in [4.78, 5) is 209. The predicted octanol–water partition coefficient (Wildman–Crippen LogP) is -4.53. The van der Waals surface area contributed by atoms with Crippen LogP contribution in [-0.4, -0.2) is 252 Å². The average Bonchev–Trinajstić information content (AvgIpc) is 1.62. The van der Waals surface area contributed by atoms with E-state index in [0.717, 1.165) is 18.7 Å². The van der Waals surface area contributed by atoms with Crippen LogP contribution >= 0.6 is 0 Å². The van der Waals surface area contributed by atoms with Gasteiger partial charge < -0.3 is 116 Å². The van der Waals surface area contributed by atoms with Crippen LogP contribution in [0.1, 0.15) is 123 Å². The van der Waals surface area contributed by atoms with E-state index in [4.69, 9.17) is 17.2 Å². The molecule has 1 aromatic heterocycles. The molecule has 1 aliphatic rings. The Kier molecular flexibility index (Phi) is 38.9. The lowest BCUT2D eigenvalue weighted by Gasteiger charge is -2.32. The number of aliphatic hydroxyl groups is 4. The lowest BCUT2D eigenvalue weighted by molar-refractivity contribution is -0.146. The van der Waals surface area contributed by atoms with Crippen molar-refractivity contribution in [1.82, 2.24) is 78.7 Å². The number of aliphatic carboxylic acids is 1. The first-order chi connectivity index (χ1) is 54.9. The molecule has 16 atom stereocenters. The minimum Gasteiger partial charge on any atom is -0.480 e. The predicted molar refractivity (Wildman–Crippen MR) is 423 cm³/mol. The summed E-state index contributed by atoms with van der Waals surface area (Å²) in [5, 5.41) is 81.2. The van der Waals surface area contributed by atoms with Crippen LogP contribution in [-0.2, 0) is 92.8 Å². The van der Waals surface area contributed by atoms with Gasteiger partial charge in [0, 0.05) is 50.7 Å². The highest BCUT2D eigenvalue weighted by Gasteiger charge is 2.43. The maximum atomic E-state index is 14.9. The van der Waals surface area contributed by atoms with E-state index >= 15 is 0 Å². The second-order valence-electron chi connectivity index (χ2n) is 30.0. The molecular formula is C78H115N19O19. The first-order valence-electron chi connectivity index (χ1n) is 38.6. The number of nitrogens with two attached hydrogens (primary N) is 3. The van der Waals surface area contributed by atoms with E-state index in [1.807, 2.05) is 0 Å². The number of carbonyl (C=O) groups is 14. The number of imidazole rings is 1. The van der Waals surface area contributed by atoms with E-state index in [2.05, 4.69) is 78.8 Å². The Morgan fingerprint density at radius 3 is 1.35 bits per heavy atom. The van der Waals surface area contributed by atoms with Crippen molar-refractivity contribution < 1.29 is 92.7 Å². The standard InChI is InChI=1S/C78H115N19O19/c1-41(2)31-53(87-64(102)44(7)85-67(105)54(33-47-21-13-10-14-22-47)91-74(112)61(43(5)6)94-66(104)52(27-19-29-83-78(80)81)86-69(107)55(88-65(103)51(79)38-98)34-48-23-15-11-16-24-48)68(106)89-56(35-49-25-17-12-18-26-49)70(108)90-57(36-50-37-82-40-84-50)71(109)93-59(39-99)72(110)92-58(32-42(3)4)76(114)97-30-20-28-60(97)73(111)95-62(45(8)100)75(113)96-63(46(9)101)77(115)116/h10-18,21-26,37,40-46,51-63,98-101H,19-20,27-36,38-39,79H2,1-9H3,(H,82,84)(H,85,105)(H,86,107)(H,87,102)(H,88,103)(H,89,106)(H,90,108)(H,91,112)(H,92,110)(H,93,109)(H,94,104)(H,95,111)(H,96,113)(H,115,116)(H4,80,81,83)/t44-,45+,46+,51-,52-,53-,54-,55-,56-,57-,58-,59-,60-,61-,62-,63-/m0/s1. The van der Waals surface area contributed by atoms with Crippen LogP contribution in [0.15, 0.2) is 109 Å². The van der Waals surface area contributed by atoms with Crippen LogP contribution in [0.5, 0.6) is 0 Å². The number of carboxylic acids is 1. The van der Waals surface area contributed by atoms with Crippen molar-refractivity contribution >= 4 is 88.7 Å². The first-order valence-corrected chi connectivity index (χ1v) is 38.6.